The lowest BCUT2D eigenvalue weighted by atomic mass is 10.1. The van der Waals surface area contributed by atoms with Gasteiger partial charge in [-0.25, -0.2) is 4.79 Å². The van der Waals surface area contributed by atoms with Gasteiger partial charge in [-0.3, -0.25) is 0 Å². The Kier molecular flexibility index (Phi) is 4.13. The Bertz CT molecular complexity index is 613. The second-order valence-corrected chi connectivity index (χ2v) is 5.03. The summed E-state index contributed by atoms with van der Waals surface area (Å²) in [6.07, 6.45) is 0. The number of ether oxygens (including phenoxy) is 1. The lowest BCUT2D eigenvalue weighted by Crippen LogP contribution is -2.10. The highest BCUT2D eigenvalue weighted by molar-refractivity contribution is 6.36. The largest absolute Gasteiger partial charge is 0.423 e. The second kappa shape index (κ2) is 5.64. The van der Waals surface area contributed by atoms with E-state index < -0.39 is 5.97 Å². The summed E-state index contributed by atoms with van der Waals surface area (Å²) in [6.45, 7) is 3.66. The summed E-state index contributed by atoms with van der Waals surface area (Å²) >= 11 is 12.0. The molecule has 0 N–H and O–H groups in total. The van der Waals surface area contributed by atoms with Crippen LogP contribution in [0.25, 0.3) is 0 Å². The van der Waals surface area contributed by atoms with Crippen molar-refractivity contribution in [1.29, 1.82) is 0 Å². The number of rotatable bonds is 2. The van der Waals surface area contributed by atoms with Crippen LogP contribution in [0.3, 0.4) is 0 Å². The van der Waals surface area contributed by atoms with Crippen molar-refractivity contribution in [2.45, 2.75) is 13.8 Å². The highest BCUT2D eigenvalue weighted by Gasteiger charge is 2.12. The normalized spacial score (nSPS) is 10.3. The fourth-order valence-corrected chi connectivity index (χ4v) is 2.11. The number of hydrogen-bond acceptors (Lipinski definition) is 2. The first-order valence-corrected chi connectivity index (χ1v) is 6.48. The van der Waals surface area contributed by atoms with E-state index in [1.165, 1.54) is 0 Å². The van der Waals surface area contributed by atoms with E-state index >= 15 is 0 Å². The monoisotopic (exact) mass is 294 g/mol. The van der Waals surface area contributed by atoms with Crippen LogP contribution in [-0.2, 0) is 0 Å². The summed E-state index contributed by atoms with van der Waals surface area (Å²) in [5.41, 5.74) is 2.14. The van der Waals surface area contributed by atoms with Crippen LogP contribution in [0, 0.1) is 13.8 Å². The summed E-state index contributed by atoms with van der Waals surface area (Å²) < 4.78 is 5.29. The minimum absolute atomic E-state index is 0.342. The Labute approximate surface area is 121 Å². The molecule has 0 aliphatic heterocycles. The van der Waals surface area contributed by atoms with Crippen molar-refractivity contribution in [2.24, 2.45) is 0 Å². The van der Waals surface area contributed by atoms with Gasteiger partial charge in [0.2, 0.25) is 0 Å². The van der Waals surface area contributed by atoms with Crippen LogP contribution in [-0.4, -0.2) is 5.97 Å². The highest BCUT2D eigenvalue weighted by Crippen LogP contribution is 2.29. The molecule has 19 heavy (non-hydrogen) atoms. The smallest absolute Gasteiger partial charge is 0.343 e. The molecule has 0 bridgehead atoms. The van der Waals surface area contributed by atoms with Gasteiger partial charge in [-0.1, -0.05) is 41.4 Å². The van der Waals surface area contributed by atoms with Gasteiger partial charge in [-0.05, 0) is 43.2 Å². The minimum Gasteiger partial charge on any atom is -0.423 e. The van der Waals surface area contributed by atoms with Gasteiger partial charge in [0, 0.05) is 10.0 Å². The van der Waals surface area contributed by atoms with Crippen molar-refractivity contribution in [3.05, 3.63) is 63.1 Å². The summed E-state index contributed by atoms with van der Waals surface area (Å²) in [5, 5.41) is 0.945. The molecule has 0 saturated carbocycles. The summed E-state index contributed by atoms with van der Waals surface area (Å²) in [4.78, 5) is 12.0. The van der Waals surface area contributed by atoms with Crippen molar-refractivity contribution >= 4 is 29.2 Å². The summed E-state index contributed by atoms with van der Waals surface area (Å²) in [5.74, 6) is -0.0806. The van der Waals surface area contributed by atoms with Crippen LogP contribution < -0.4 is 4.74 Å². The Morgan fingerprint density at radius 2 is 1.63 bits per heavy atom. The van der Waals surface area contributed by atoms with Crippen LogP contribution in [0.5, 0.6) is 5.75 Å². The number of halogens is 2. The first kappa shape index (κ1) is 13.9. The quantitative estimate of drug-likeness (QED) is 0.586. The molecule has 0 aromatic heterocycles. The standard InChI is InChI=1S/C15H12Cl2O2/c1-9-5-3-4-6-12(9)15(18)19-11-7-13(16)10(2)14(17)8-11/h3-8H,1-2H3. The predicted octanol–water partition coefficient (Wildman–Crippen LogP) is 4.83. The van der Waals surface area contributed by atoms with E-state index in [0.717, 1.165) is 11.1 Å². The minimum atomic E-state index is -0.422. The maximum atomic E-state index is 12.0. The van der Waals surface area contributed by atoms with Gasteiger partial charge >= 0.3 is 5.97 Å². The molecular formula is C15H12Cl2O2. The Morgan fingerprint density at radius 3 is 2.21 bits per heavy atom. The first-order valence-electron chi connectivity index (χ1n) is 5.72. The topological polar surface area (TPSA) is 26.3 Å². The zero-order valence-corrected chi connectivity index (χ0v) is 12.0. The van der Waals surface area contributed by atoms with Gasteiger partial charge in [-0.15, -0.1) is 0 Å². The van der Waals surface area contributed by atoms with E-state index in [-0.39, 0.29) is 0 Å². The van der Waals surface area contributed by atoms with Crippen LogP contribution in [0.1, 0.15) is 21.5 Å². The third-order valence-electron chi connectivity index (χ3n) is 2.83. The molecule has 0 radical (unpaired) electrons. The van der Waals surface area contributed by atoms with Crippen LogP contribution in [0.4, 0.5) is 0 Å². The fourth-order valence-electron chi connectivity index (χ4n) is 1.64. The molecule has 2 aromatic rings. The van der Waals surface area contributed by atoms with Gasteiger partial charge in [-0.2, -0.15) is 0 Å². The summed E-state index contributed by atoms with van der Waals surface area (Å²) in [6, 6.07) is 10.4. The lowest BCUT2D eigenvalue weighted by Gasteiger charge is -2.09. The number of hydrogen-bond donors (Lipinski definition) is 0. The van der Waals surface area contributed by atoms with Crippen molar-refractivity contribution in [1.82, 2.24) is 0 Å². The van der Waals surface area contributed by atoms with Gasteiger partial charge < -0.3 is 4.74 Å². The van der Waals surface area contributed by atoms with E-state index in [0.29, 0.717) is 21.4 Å². The zero-order valence-electron chi connectivity index (χ0n) is 10.5. The van der Waals surface area contributed by atoms with Crippen LogP contribution in [0.2, 0.25) is 10.0 Å². The third kappa shape index (κ3) is 3.09. The van der Waals surface area contributed by atoms with Gasteiger partial charge in [0.05, 0.1) is 5.56 Å². The summed E-state index contributed by atoms with van der Waals surface area (Å²) in [7, 11) is 0. The fraction of sp³-hybridized carbons (Fsp3) is 0.133. The number of carbonyl (C=O) groups excluding carboxylic acids is 1. The van der Waals surface area contributed by atoms with E-state index in [1.807, 2.05) is 19.1 Å². The molecule has 0 unspecified atom stereocenters. The first-order chi connectivity index (χ1) is 8.99. The van der Waals surface area contributed by atoms with E-state index in [1.54, 1.807) is 31.2 Å². The molecule has 0 aliphatic rings. The average molecular weight is 295 g/mol. The predicted molar refractivity (Wildman–Crippen MR) is 77.3 cm³/mol. The Balaban J connectivity index is 2.27. The maximum Gasteiger partial charge on any atom is 0.343 e. The van der Waals surface area contributed by atoms with Crippen molar-refractivity contribution < 1.29 is 9.53 Å². The van der Waals surface area contributed by atoms with E-state index in [4.69, 9.17) is 27.9 Å². The van der Waals surface area contributed by atoms with Crippen molar-refractivity contribution in [3.63, 3.8) is 0 Å². The van der Waals surface area contributed by atoms with Gasteiger partial charge in [0.1, 0.15) is 5.75 Å². The van der Waals surface area contributed by atoms with E-state index in [2.05, 4.69) is 0 Å². The SMILES string of the molecule is Cc1ccccc1C(=O)Oc1cc(Cl)c(C)c(Cl)c1. The third-order valence-corrected chi connectivity index (χ3v) is 3.62. The van der Waals surface area contributed by atoms with Gasteiger partial charge in [0.25, 0.3) is 0 Å². The Hall–Kier alpha value is -1.51. The molecular weight excluding hydrogens is 283 g/mol. The molecule has 2 aromatic carbocycles. The van der Waals surface area contributed by atoms with Crippen LogP contribution >= 0.6 is 23.2 Å². The Morgan fingerprint density at radius 1 is 1.05 bits per heavy atom. The van der Waals surface area contributed by atoms with Crippen LogP contribution in [0.15, 0.2) is 36.4 Å². The average Bonchev–Trinajstić information content (AvgIpc) is 2.36. The molecule has 0 atom stereocenters. The number of esters is 1. The van der Waals surface area contributed by atoms with E-state index in [9.17, 15) is 4.79 Å². The van der Waals surface area contributed by atoms with Gasteiger partial charge in [0.15, 0.2) is 0 Å². The molecule has 2 rings (SSSR count). The molecule has 4 heteroatoms. The van der Waals surface area contributed by atoms with Crippen molar-refractivity contribution in [2.75, 3.05) is 0 Å². The number of carbonyl (C=O) groups is 1. The molecule has 0 heterocycles. The highest BCUT2D eigenvalue weighted by atomic mass is 35.5. The molecule has 0 spiro atoms. The number of benzene rings is 2. The molecule has 0 amide bonds. The lowest BCUT2D eigenvalue weighted by molar-refractivity contribution is 0.0734. The molecule has 0 aliphatic carbocycles. The second-order valence-electron chi connectivity index (χ2n) is 4.22. The van der Waals surface area contributed by atoms with Crippen molar-refractivity contribution in [3.8, 4) is 5.75 Å². The maximum absolute atomic E-state index is 12.0. The molecule has 98 valence electrons. The molecule has 2 nitrogen and oxygen atoms in total. The molecule has 0 fully saturated rings. The number of aryl methyl sites for hydroxylation is 1. The zero-order chi connectivity index (χ0) is 14.0. The molecule has 0 saturated heterocycles.